The Morgan fingerprint density at radius 1 is 0.395 bits per heavy atom. The Labute approximate surface area is 521 Å². The third-order valence-electron chi connectivity index (χ3n) is 17.1. The molecule has 2 aliphatic heterocycles. The molecule has 3 aromatic heterocycles. The van der Waals surface area contributed by atoms with Gasteiger partial charge in [0, 0.05) is 46.3 Å². The quantitative estimate of drug-likeness (QED) is 0.0634. The lowest BCUT2D eigenvalue weighted by atomic mass is 9.77. The van der Waals surface area contributed by atoms with Gasteiger partial charge in [-0.05, 0) is 215 Å². The second kappa shape index (κ2) is 26.8. The highest BCUT2D eigenvalue weighted by atomic mass is 79.9. The van der Waals surface area contributed by atoms with Crippen molar-refractivity contribution in [1.82, 2.24) is 9.13 Å². The van der Waals surface area contributed by atoms with E-state index >= 15 is 0 Å². The first-order valence-corrected chi connectivity index (χ1v) is 33.5. The summed E-state index contributed by atoms with van der Waals surface area (Å²) in [6.45, 7) is 21.4. The van der Waals surface area contributed by atoms with Gasteiger partial charge in [0.05, 0.1) is 48.3 Å². The molecule has 0 radical (unpaired) electrons. The average molecular weight is 1360 g/mol. The predicted molar refractivity (Wildman–Crippen MR) is 362 cm³/mol. The Morgan fingerprint density at radius 3 is 1.16 bits per heavy atom. The fraction of sp³-hybridized carbons (Fsp3) is 0.412. The predicted octanol–water partition coefficient (Wildman–Crippen LogP) is 20.8. The number of fused-ring (bicyclic) bond motifs is 6. The number of halogens is 4. The highest BCUT2D eigenvalue weighted by molar-refractivity contribution is 9.11. The molecular weight excluding hydrogens is 1280 g/mol. The number of aryl methyl sites for hydroxylation is 2. The van der Waals surface area contributed by atoms with Gasteiger partial charge < -0.3 is 27.8 Å². The molecule has 11 rings (SSSR count). The zero-order valence-electron chi connectivity index (χ0n) is 49.2. The SMILES string of the molecule is Brc1ccc(-n2c3ccc(Br)cc3c3cc(Br)ccc32)cc1.CCCCCCCCc1ccc(-n2c3ccc(B4OC(C)(C)C(C)(C)O4)cc3c3cc(B4OC(C)(C)C(C)(C)O4)ccc32)cc1.CCCCCCCCc1ccsc1Br. The van der Waals surface area contributed by atoms with Crippen LogP contribution >= 0.6 is 75.1 Å². The molecule has 0 spiro atoms. The van der Waals surface area contributed by atoms with Gasteiger partial charge in [-0.2, -0.15) is 0 Å². The first-order valence-electron chi connectivity index (χ1n) is 29.5. The Hall–Kier alpha value is -3.49. The van der Waals surface area contributed by atoms with E-state index in [1.54, 1.807) is 11.3 Å². The van der Waals surface area contributed by atoms with Gasteiger partial charge in [0.25, 0.3) is 0 Å². The van der Waals surface area contributed by atoms with E-state index in [2.05, 4.69) is 275 Å². The summed E-state index contributed by atoms with van der Waals surface area (Å²) in [6, 6.07) is 45.9. The van der Waals surface area contributed by atoms with Gasteiger partial charge >= 0.3 is 14.2 Å². The van der Waals surface area contributed by atoms with Crippen LogP contribution in [0.5, 0.6) is 0 Å². The normalized spacial score (nSPS) is 16.1. The van der Waals surface area contributed by atoms with Gasteiger partial charge in [0.15, 0.2) is 0 Å². The minimum Gasteiger partial charge on any atom is -0.399 e. The van der Waals surface area contributed by atoms with E-state index in [1.165, 1.54) is 120 Å². The van der Waals surface area contributed by atoms with Gasteiger partial charge in [0.2, 0.25) is 0 Å². The number of unbranched alkanes of at least 4 members (excludes halogenated alkanes) is 10. The molecule has 13 heteroatoms. The lowest BCUT2D eigenvalue weighted by Crippen LogP contribution is -2.41. The van der Waals surface area contributed by atoms with E-state index in [0.29, 0.717) is 0 Å². The summed E-state index contributed by atoms with van der Waals surface area (Å²) in [5, 5.41) is 6.97. The number of thiophene rings is 1. The number of hydrogen-bond acceptors (Lipinski definition) is 5. The summed E-state index contributed by atoms with van der Waals surface area (Å²) in [5.74, 6) is 0. The van der Waals surface area contributed by atoms with Crippen LogP contribution in [0.3, 0.4) is 0 Å². The maximum Gasteiger partial charge on any atom is 0.494 e. The van der Waals surface area contributed by atoms with Crippen molar-refractivity contribution in [3.63, 3.8) is 0 Å². The summed E-state index contributed by atoms with van der Waals surface area (Å²) >= 11 is 16.0. The van der Waals surface area contributed by atoms with Gasteiger partial charge in [-0.1, -0.05) is 162 Å². The standard InChI is InChI=1S/C38H51B2NO4.C18H10Br3N.C12H19BrS/c1-10-11-12-13-14-15-16-27-17-21-30(22-18-27)41-33-23-19-28(39-42-35(2,3)36(4,5)43-39)25-31(33)32-26-29(20-24-34(32)41)40-44-37(6,7)38(8,9)45-40;19-11-1-5-14(6-2-11)22-17-7-3-12(20)9-15(17)16-10-13(21)4-8-18(16)22;1-2-3-4-5-6-7-8-11-9-10-14-12(11)13/h17-26H,10-16H2,1-9H3;1-10H;9-10H,2-8H2,1H3. The topological polar surface area (TPSA) is 46.8 Å². The molecule has 81 heavy (non-hydrogen) atoms. The molecule has 0 N–H and O–H groups in total. The van der Waals surface area contributed by atoms with E-state index in [-0.39, 0.29) is 0 Å². The second-order valence-electron chi connectivity index (χ2n) is 24.1. The van der Waals surface area contributed by atoms with Crippen LogP contribution in [-0.2, 0) is 31.5 Å². The maximum atomic E-state index is 6.46. The maximum absolute atomic E-state index is 6.46. The molecule has 2 fully saturated rings. The zero-order chi connectivity index (χ0) is 57.7. The van der Waals surface area contributed by atoms with Crippen molar-refractivity contribution >= 4 is 144 Å². The van der Waals surface area contributed by atoms with Crippen molar-refractivity contribution in [3.05, 3.63) is 161 Å². The minimum absolute atomic E-state index is 0.401. The minimum atomic E-state index is -0.426. The average Bonchev–Trinajstić information content (AvgIpc) is 4.40. The number of nitrogens with zero attached hydrogens (tertiary/aromatic N) is 2. The second-order valence-corrected chi connectivity index (χ2v) is 29.1. The van der Waals surface area contributed by atoms with Crippen molar-refractivity contribution in [3.8, 4) is 11.4 Å². The van der Waals surface area contributed by atoms with Crippen molar-refractivity contribution in [1.29, 1.82) is 0 Å². The molecule has 9 aromatic rings. The van der Waals surface area contributed by atoms with Gasteiger partial charge in [-0.3, -0.25) is 0 Å². The zero-order valence-corrected chi connectivity index (χ0v) is 56.4. The fourth-order valence-electron chi connectivity index (χ4n) is 10.9. The lowest BCUT2D eigenvalue weighted by Gasteiger charge is -2.32. The van der Waals surface area contributed by atoms with Crippen LogP contribution in [0.25, 0.3) is 55.0 Å². The van der Waals surface area contributed by atoms with Crippen LogP contribution in [-0.4, -0.2) is 45.8 Å². The molecule has 0 unspecified atom stereocenters. The summed E-state index contributed by atoms with van der Waals surface area (Å²) < 4.78 is 35.1. The molecule has 0 atom stereocenters. The van der Waals surface area contributed by atoms with Crippen LogP contribution < -0.4 is 10.9 Å². The van der Waals surface area contributed by atoms with Crippen LogP contribution in [0.15, 0.2) is 150 Å². The molecule has 0 amide bonds. The van der Waals surface area contributed by atoms with E-state index in [4.69, 9.17) is 18.6 Å². The molecular formula is C68H80B2Br4N2O4S. The monoisotopic (exact) mass is 1360 g/mol. The Balaban J connectivity index is 0.000000180. The molecule has 6 nitrogen and oxygen atoms in total. The molecule has 2 saturated heterocycles. The lowest BCUT2D eigenvalue weighted by molar-refractivity contribution is 0.00578. The Kier molecular flexibility index (Phi) is 20.6. The molecule has 2 aliphatic rings. The van der Waals surface area contributed by atoms with Crippen molar-refractivity contribution < 1.29 is 18.6 Å². The largest absolute Gasteiger partial charge is 0.494 e. The number of benzene rings is 6. The highest BCUT2D eigenvalue weighted by Gasteiger charge is 2.53. The summed E-state index contributed by atoms with van der Waals surface area (Å²) in [7, 11) is -0.851. The highest BCUT2D eigenvalue weighted by Crippen LogP contribution is 2.40. The molecule has 0 saturated carbocycles. The molecule has 6 aromatic carbocycles. The van der Waals surface area contributed by atoms with Gasteiger partial charge in [-0.15, -0.1) is 11.3 Å². The Morgan fingerprint density at radius 2 is 0.753 bits per heavy atom. The van der Waals surface area contributed by atoms with Crippen molar-refractivity contribution in [2.75, 3.05) is 0 Å². The first-order chi connectivity index (χ1) is 38.7. The van der Waals surface area contributed by atoms with E-state index in [1.807, 2.05) is 0 Å². The molecule has 5 heterocycles. The van der Waals surface area contributed by atoms with Gasteiger partial charge in [0.1, 0.15) is 0 Å². The van der Waals surface area contributed by atoms with E-state index in [9.17, 15) is 0 Å². The summed E-state index contributed by atoms with van der Waals surface area (Å²) in [4.78, 5) is 0. The van der Waals surface area contributed by atoms with Crippen LogP contribution in [0.4, 0.5) is 0 Å². The number of rotatable bonds is 18. The smallest absolute Gasteiger partial charge is 0.399 e. The third-order valence-corrected chi connectivity index (χ3v) is 20.5. The van der Waals surface area contributed by atoms with Crippen molar-refractivity contribution in [2.24, 2.45) is 0 Å². The van der Waals surface area contributed by atoms with Crippen LogP contribution in [0, 0.1) is 0 Å². The Bertz CT molecular complexity index is 3380. The van der Waals surface area contributed by atoms with Crippen LogP contribution in [0.1, 0.15) is 157 Å². The van der Waals surface area contributed by atoms with E-state index in [0.717, 1.165) is 63.9 Å². The third kappa shape index (κ3) is 14.3. The fourth-order valence-corrected chi connectivity index (χ4v) is 13.3. The van der Waals surface area contributed by atoms with Crippen LogP contribution in [0.2, 0.25) is 0 Å². The van der Waals surface area contributed by atoms with E-state index < -0.39 is 36.6 Å². The summed E-state index contributed by atoms with van der Waals surface area (Å²) in [6.07, 6.45) is 18.6. The molecule has 0 bridgehead atoms. The van der Waals surface area contributed by atoms with Crippen molar-refractivity contribution in [2.45, 2.75) is 182 Å². The number of hydrogen-bond donors (Lipinski definition) is 0. The number of aromatic nitrogens is 2. The van der Waals surface area contributed by atoms with Gasteiger partial charge in [-0.25, -0.2) is 0 Å². The molecule has 0 aliphatic carbocycles. The first kappa shape index (κ1) is 62.1. The molecule has 426 valence electrons. The summed E-state index contributed by atoms with van der Waals surface area (Å²) in [5.41, 5.74) is 10.4.